The number of nitrogens with zero attached hydrogens (tertiary/aromatic N) is 1. The average molecular weight is 229 g/mol. The summed E-state index contributed by atoms with van der Waals surface area (Å²) in [5, 5.41) is 9.75. The topological polar surface area (TPSA) is 57.6 Å². The normalized spacial score (nSPS) is 14.7. The third kappa shape index (κ3) is 3.59. The van der Waals surface area contributed by atoms with E-state index in [4.69, 9.17) is 0 Å². The van der Waals surface area contributed by atoms with Gasteiger partial charge in [-0.2, -0.15) is 0 Å². The molecule has 0 heterocycles. The first-order valence-corrected chi connectivity index (χ1v) is 5.87. The molecule has 0 spiro atoms. The number of Topliss-reactive ketones (excluding diaryl/α,β-unsaturated/α-hetero) is 1. The molecule has 1 N–H and O–H groups in total. The molecule has 4 heteroatoms. The number of aliphatic hydroxyl groups is 1. The van der Waals surface area contributed by atoms with Gasteiger partial charge in [-0.15, -0.1) is 0 Å². The maximum Gasteiger partial charge on any atom is 0.290 e. The van der Waals surface area contributed by atoms with E-state index >= 15 is 0 Å². The first-order chi connectivity index (χ1) is 7.36. The Morgan fingerprint density at radius 1 is 1.12 bits per heavy atom. The second-order valence-electron chi connectivity index (χ2n) is 4.36. The molecule has 0 saturated carbocycles. The third-order valence-electron chi connectivity index (χ3n) is 2.87. The van der Waals surface area contributed by atoms with Crippen LogP contribution in [0.15, 0.2) is 0 Å². The van der Waals surface area contributed by atoms with E-state index in [9.17, 15) is 14.7 Å². The highest BCUT2D eigenvalue weighted by atomic mass is 16.3. The second kappa shape index (κ2) is 6.63. The van der Waals surface area contributed by atoms with Gasteiger partial charge < -0.3 is 10.0 Å². The summed E-state index contributed by atoms with van der Waals surface area (Å²) < 4.78 is 0. The van der Waals surface area contributed by atoms with E-state index in [0.717, 1.165) is 0 Å². The summed E-state index contributed by atoms with van der Waals surface area (Å²) in [5.74, 6) is -1.64. The molecule has 0 bridgehead atoms. The van der Waals surface area contributed by atoms with Gasteiger partial charge in [0.05, 0.1) is 12.0 Å². The van der Waals surface area contributed by atoms with Gasteiger partial charge in [-0.25, -0.2) is 0 Å². The number of aliphatic hydroxyl groups excluding tert-OH is 1. The van der Waals surface area contributed by atoms with Crippen molar-refractivity contribution >= 4 is 11.7 Å². The molecule has 0 aromatic rings. The minimum Gasteiger partial charge on any atom is -0.392 e. The van der Waals surface area contributed by atoms with Crippen LogP contribution in [0.2, 0.25) is 0 Å². The molecular weight excluding hydrogens is 206 g/mol. The quantitative estimate of drug-likeness (QED) is 0.693. The average Bonchev–Trinajstić information content (AvgIpc) is 2.27. The Labute approximate surface area is 97.6 Å². The number of ketones is 1. The van der Waals surface area contributed by atoms with Crippen LogP contribution in [0.3, 0.4) is 0 Å². The van der Waals surface area contributed by atoms with Crippen molar-refractivity contribution in [1.29, 1.82) is 0 Å². The molecule has 0 aromatic carbocycles. The van der Waals surface area contributed by atoms with Gasteiger partial charge in [-0.3, -0.25) is 9.59 Å². The highest BCUT2D eigenvalue weighted by Crippen LogP contribution is 2.14. The van der Waals surface area contributed by atoms with Crippen molar-refractivity contribution in [3.63, 3.8) is 0 Å². The molecule has 94 valence electrons. The predicted octanol–water partition coefficient (Wildman–Crippen LogP) is 1.08. The largest absolute Gasteiger partial charge is 0.392 e. The zero-order valence-corrected chi connectivity index (χ0v) is 10.9. The molecule has 4 nitrogen and oxygen atoms in total. The lowest BCUT2D eigenvalue weighted by Gasteiger charge is -2.24. The van der Waals surface area contributed by atoms with Gasteiger partial charge in [0.15, 0.2) is 0 Å². The lowest BCUT2D eigenvalue weighted by Crippen LogP contribution is -2.42. The van der Waals surface area contributed by atoms with Crippen molar-refractivity contribution in [3.05, 3.63) is 0 Å². The predicted molar refractivity (Wildman–Crippen MR) is 62.9 cm³/mol. The minimum absolute atomic E-state index is 0.0246. The SMILES string of the molecule is CCN(CC)C(=O)C(=O)[C@@H](C)[C@H](O)C(C)C. The Balaban J connectivity index is 4.61. The van der Waals surface area contributed by atoms with Gasteiger partial charge in [-0.1, -0.05) is 20.8 Å². The monoisotopic (exact) mass is 229 g/mol. The van der Waals surface area contributed by atoms with E-state index in [1.807, 2.05) is 27.7 Å². The van der Waals surface area contributed by atoms with Gasteiger partial charge in [0, 0.05) is 13.1 Å². The van der Waals surface area contributed by atoms with Crippen LogP contribution in [-0.2, 0) is 9.59 Å². The van der Waals surface area contributed by atoms with Crippen molar-refractivity contribution in [1.82, 2.24) is 4.90 Å². The number of rotatable bonds is 6. The van der Waals surface area contributed by atoms with E-state index in [1.54, 1.807) is 6.92 Å². The maximum atomic E-state index is 11.8. The van der Waals surface area contributed by atoms with Crippen LogP contribution in [0.25, 0.3) is 0 Å². The summed E-state index contributed by atoms with van der Waals surface area (Å²) in [6, 6.07) is 0. The smallest absolute Gasteiger partial charge is 0.290 e. The number of carbonyl (C=O) groups is 2. The Kier molecular flexibility index (Phi) is 6.26. The number of carbonyl (C=O) groups excluding carboxylic acids is 2. The number of amides is 1. The van der Waals surface area contributed by atoms with Crippen molar-refractivity contribution < 1.29 is 14.7 Å². The Morgan fingerprint density at radius 3 is 1.88 bits per heavy atom. The van der Waals surface area contributed by atoms with Gasteiger partial charge in [-0.05, 0) is 19.8 Å². The highest BCUT2D eigenvalue weighted by Gasteiger charge is 2.31. The molecular formula is C12H23NO3. The summed E-state index contributed by atoms with van der Waals surface area (Å²) in [7, 11) is 0. The third-order valence-corrected chi connectivity index (χ3v) is 2.87. The number of hydrogen-bond acceptors (Lipinski definition) is 3. The molecule has 0 unspecified atom stereocenters. The van der Waals surface area contributed by atoms with Crippen LogP contribution in [0.1, 0.15) is 34.6 Å². The van der Waals surface area contributed by atoms with Gasteiger partial charge in [0.1, 0.15) is 0 Å². The molecule has 1 amide bonds. The van der Waals surface area contributed by atoms with Crippen molar-refractivity contribution in [2.75, 3.05) is 13.1 Å². The maximum absolute atomic E-state index is 11.8. The first-order valence-electron chi connectivity index (χ1n) is 5.87. The van der Waals surface area contributed by atoms with Crippen molar-refractivity contribution in [3.8, 4) is 0 Å². The van der Waals surface area contributed by atoms with Crippen molar-refractivity contribution in [2.45, 2.75) is 40.7 Å². The van der Waals surface area contributed by atoms with Gasteiger partial charge in [0.2, 0.25) is 5.78 Å². The van der Waals surface area contributed by atoms with E-state index < -0.39 is 23.7 Å². The zero-order valence-electron chi connectivity index (χ0n) is 10.9. The molecule has 0 rings (SSSR count). The summed E-state index contributed by atoms with van der Waals surface area (Å²) in [5.41, 5.74) is 0. The highest BCUT2D eigenvalue weighted by molar-refractivity contribution is 6.36. The van der Waals surface area contributed by atoms with Crippen LogP contribution in [-0.4, -0.2) is 40.9 Å². The van der Waals surface area contributed by atoms with Crippen LogP contribution < -0.4 is 0 Å². The van der Waals surface area contributed by atoms with Crippen LogP contribution >= 0.6 is 0 Å². The standard InChI is InChI=1S/C12H23NO3/c1-6-13(7-2)12(16)11(15)9(5)10(14)8(3)4/h8-10,14H,6-7H2,1-5H3/t9-,10+/m0/s1. The molecule has 2 atom stereocenters. The molecule has 0 saturated heterocycles. The lowest BCUT2D eigenvalue weighted by molar-refractivity contribution is -0.148. The van der Waals surface area contributed by atoms with Gasteiger partial charge in [0.25, 0.3) is 5.91 Å². The fourth-order valence-electron chi connectivity index (χ4n) is 1.59. The first kappa shape index (κ1) is 15.1. The summed E-state index contributed by atoms with van der Waals surface area (Å²) >= 11 is 0. The van der Waals surface area contributed by atoms with Crippen LogP contribution in [0, 0.1) is 11.8 Å². The Morgan fingerprint density at radius 2 is 1.56 bits per heavy atom. The Hall–Kier alpha value is -0.900. The molecule has 0 aliphatic rings. The van der Waals surface area contributed by atoms with E-state index in [2.05, 4.69) is 0 Å². The molecule has 16 heavy (non-hydrogen) atoms. The number of hydrogen-bond donors (Lipinski definition) is 1. The minimum atomic E-state index is -0.757. The van der Waals surface area contributed by atoms with E-state index in [0.29, 0.717) is 13.1 Å². The van der Waals surface area contributed by atoms with Crippen molar-refractivity contribution in [2.24, 2.45) is 11.8 Å². The summed E-state index contributed by atoms with van der Waals surface area (Å²) in [6.45, 7) is 9.97. The number of likely N-dealkylation sites (N-methyl/N-ethyl adjacent to an activating group) is 1. The zero-order chi connectivity index (χ0) is 12.9. The molecule has 0 aliphatic carbocycles. The fourth-order valence-corrected chi connectivity index (χ4v) is 1.59. The van der Waals surface area contributed by atoms with E-state index in [-0.39, 0.29) is 5.92 Å². The molecule has 0 fully saturated rings. The molecule has 0 radical (unpaired) electrons. The van der Waals surface area contributed by atoms with Crippen LogP contribution in [0.4, 0.5) is 0 Å². The lowest BCUT2D eigenvalue weighted by atomic mass is 9.91. The molecule has 0 aliphatic heterocycles. The Bertz CT molecular complexity index is 247. The van der Waals surface area contributed by atoms with Gasteiger partial charge >= 0.3 is 0 Å². The fraction of sp³-hybridized carbons (Fsp3) is 0.833. The molecule has 0 aromatic heterocycles. The van der Waals surface area contributed by atoms with E-state index in [1.165, 1.54) is 4.90 Å². The second-order valence-corrected chi connectivity index (χ2v) is 4.36. The summed E-state index contributed by atoms with van der Waals surface area (Å²) in [4.78, 5) is 25.0. The summed E-state index contributed by atoms with van der Waals surface area (Å²) in [6.07, 6.45) is -0.757. The van der Waals surface area contributed by atoms with Crippen LogP contribution in [0.5, 0.6) is 0 Å².